The summed E-state index contributed by atoms with van der Waals surface area (Å²) in [6, 6.07) is 7.83. The molecule has 3 heterocycles. The SMILES string of the molecule is CC1CC2CC(OCc3c(-c4c(F)cccc4F)noc3C3CC3)CC1N2c1ccc(C(=O)O)cc1F. The van der Waals surface area contributed by atoms with Gasteiger partial charge in [-0.25, -0.2) is 18.0 Å². The average molecular weight is 513 g/mol. The summed E-state index contributed by atoms with van der Waals surface area (Å²) in [4.78, 5) is 13.3. The van der Waals surface area contributed by atoms with Crippen molar-refractivity contribution in [2.75, 3.05) is 4.90 Å². The van der Waals surface area contributed by atoms with E-state index in [1.807, 2.05) is 0 Å². The molecule has 9 heteroatoms. The average Bonchev–Trinajstić information content (AvgIpc) is 3.58. The van der Waals surface area contributed by atoms with Gasteiger partial charge in [0.2, 0.25) is 0 Å². The van der Waals surface area contributed by atoms with Gasteiger partial charge in [-0.05, 0) is 68.4 Å². The molecule has 4 atom stereocenters. The molecule has 3 aromatic rings. The van der Waals surface area contributed by atoms with Crippen molar-refractivity contribution < 1.29 is 32.3 Å². The van der Waals surface area contributed by atoms with Crippen LogP contribution in [-0.4, -0.2) is 34.4 Å². The molecule has 3 aliphatic rings. The Kier molecular flexibility index (Phi) is 5.98. The van der Waals surface area contributed by atoms with Gasteiger partial charge in [0, 0.05) is 23.6 Å². The Morgan fingerprint density at radius 2 is 1.86 bits per heavy atom. The van der Waals surface area contributed by atoms with Crippen molar-refractivity contribution in [2.24, 2.45) is 5.92 Å². The second-order valence-electron chi connectivity index (χ2n) is 10.5. The molecule has 2 aromatic carbocycles. The number of fused-ring (bicyclic) bond motifs is 2. The number of carboxylic acids is 1. The zero-order valence-corrected chi connectivity index (χ0v) is 20.3. The minimum atomic E-state index is -1.16. The summed E-state index contributed by atoms with van der Waals surface area (Å²) in [5.41, 5.74) is 0.856. The summed E-state index contributed by atoms with van der Waals surface area (Å²) in [6.45, 7) is 2.26. The highest BCUT2D eigenvalue weighted by atomic mass is 19.1. The van der Waals surface area contributed by atoms with Crippen LogP contribution in [0.1, 0.15) is 66.6 Å². The van der Waals surface area contributed by atoms with Gasteiger partial charge in [-0.1, -0.05) is 18.1 Å². The number of aromatic nitrogens is 1. The third-order valence-electron chi connectivity index (χ3n) is 7.99. The fraction of sp³-hybridized carbons (Fsp3) is 0.429. The molecule has 3 fully saturated rings. The maximum Gasteiger partial charge on any atom is 0.335 e. The molecule has 1 saturated carbocycles. The van der Waals surface area contributed by atoms with Gasteiger partial charge in [-0.2, -0.15) is 0 Å². The van der Waals surface area contributed by atoms with Gasteiger partial charge in [0.15, 0.2) is 0 Å². The molecule has 0 amide bonds. The molecule has 2 saturated heterocycles. The van der Waals surface area contributed by atoms with Gasteiger partial charge < -0.3 is 19.3 Å². The van der Waals surface area contributed by atoms with Crippen molar-refractivity contribution in [2.45, 2.75) is 69.7 Å². The first-order valence-electron chi connectivity index (χ1n) is 12.7. The Hall–Kier alpha value is -3.33. The number of hydrogen-bond donors (Lipinski definition) is 1. The molecule has 37 heavy (non-hydrogen) atoms. The first-order valence-corrected chi connectivity index (χ1v) is 12.7. The first kappa shape index (κ1) is 24.0. The van der Waals surface area contributed by atoms with Crippen molar-refractivity contribution in [3.05, 3.63) is 70.7 Å². The summed E-state index contributed by atoms with van der Waals surface area (Å²) in [5, 5.41) is 13.2. The Morgan fingerprint density at radius 1 is 1.11 bits per heavy atom. The smallest absolute Gasteiger partial charge is 0.335 e. The van der Waals surface area contributed by atoms with Crippen LogP contribution in [0.15, 0.2) is 40.9 Å². The highest BCUT2D eigenvalue weighted by Crippen LogP contribution is 2.47. The molecule has 2 bridgehead atoms. The third kappa shape index (κ3) is 4.29. The predicted molar refractivity (Wildman–Crippen MR) is 129 cm³/mol. The highest BCUT2D eigenvalue weighted by molar-refractivity contribution is 5.88. The van der Waals surface area contributed by atoms with Gasteiger partial charge in [0.1, 0.15) is 28.9 Å². The molecule has 1 aliphatic carbocycles. The fourth-order valence-electron chi connectivity index (χ4n) is 6.08. The molecule has 1 aromatic heterocycles. The van der Waals surface area contributed by atoms with E-state index in [2.05, 4.69) is 17.0 Å². The number of piperidine rings is 1. The second-order valence-corrected chi connectivity index (χ2v) is 10.5. The zero-order valence-electron chi connectivity index (χ0n) is 20.3. The van der Waals surface area contributed by atoms with Crippen LogP contribution in [0.4, 0.5) is 18.9 Å². The van der Waals surface area contributed by atoms with Crippen LogP contribution < -0.4 is 4.90 Å². The maximum absolute atomic E-state index is 14.9. The number of halogens is 3. The lowest BCUT2D eigenvalue weighted by Crippen LogP contribution is -2.47. The number of carboxylic acid groups (broad SMARTS) is 1. The highest BCUT2D eigenvalue weighted by Gasteiger charge is 2.46. The largest absolute Gasteiger partial charge is 0.478 e. The van der Waals surface area contributed by atoms with E-state index in [9.17, 15) is 23.1 Å². The Morgan fingerprint density at radius 3 is 2.51 bits per heavy atom. The van der Waals surface area contributed by atoms with Crippen LogP contribution in [0.25, 0.3) is 11.3 Å². The summed E-state index contributed by atoms with van der Waals surface area (Å²) in [7, 11) is 0. The van der Waals surface area contributed by atoms with Gasteiger partial charge >= 0.3 is 5.97 Å². The maximum atomic E-state index is 14.9. The number of benzene rings is 2. The van der Waals surface area contributed by atoms with Crippen molar-refractivity contribution in [3.63, 3.8) is 0 Å². The lowest BCUT2D eigenvalue weighted by atomic mass is 9.96. The topological polar surface area (TPSA) is 75.8 Å². The van der Waals surface area contributed by atoms with Crippen LogP contribution in [-0.2, 0) is 11.3 Å². The molecule has 4 unspecified atom stereocenters. The number of ether oxygens (including phenoxy) is 1. The van der Waals surface area contributed by atoms with E-state index in [0.717, 1.165) is 25.3 Å². The van der Waals surface area contributed by atoms with E-state index in [4.69, 9.17) is 9.26 Å². The standard InChI is InChI=1S/C28H27F3N2O4/c1-14-9-17-11-18(12-24(14)33(17)23-8-7-16(28(34)35)10-22(23)31)36-13-19-26(32-37-27(19)15-5-6-15)25-20(29)3-2-4-21(25)30/h2-4,7-8,10,14-15,17-18,24H,5-6,9,11-13H2,1H3,(H,34,35). The van der Waals surface area contributed by atoms with E-state index < -0.39 is 23.4 Å². The van der Waals surface area contributed by atoms with Crippen LogP contribution in [0.2, 0.25) is 0 Å². The molecule has 2 aliphatic heterocycles. The number of nitrogens with zero attached hydrogens (tertiary/aromatic N) is 2. The molecule has 0 radical (unpaired) electrons. The quantitative estimate of drug-likeness (QED) is 0.401. The molecule has 194 valence electrons. The van der Waals surface area contributed by atoms with Gasteiger partial charge in [-0.15, -0.1) is 0 Å². The van der Waals surface area contributed by atoms with Crippen molar-refractivity contribution in [1.29, 1.82) is 0 Å². The Labute approximate surface area is 212 Å². The van der Waals surface area contributed by atoms with Gasteiger partial charge in [0.05, 0.1) is 29.5 Å². The molecule has 6 rings (SSSR count). The normalized spacial score (nSPS) is 25.0. The van der Waals surface area contributed by atoms with E-state index >= 15 is 0 Å². The molecule has 0 spiro atoms. The summed E-state index contributed by atoms with van der Waals surface area (Å²) >= 11 is 0. The lowest BCUT2D eigenvalue weighted by molar-refractivity contribution is 0.0135. The first-order chi connectivity index (χ1) is 17.8. The van der Waals surface area contributed by atoms with Crippen molar-refractivity contribution in [1.82, 2.24) is 5.16 Å². The summed E-state index contributed by atoms with van der Waals surface area (Å²) in [6.07, 6.45) is 3.94. The van der Waals surface area contributed by atoms with Crippen molar-refractivity contribution >= 4 is 11.7 Å². The van der Waals surface area contributed by atoms with E-state index in [1.165, 1.54) is 24.3 Å². The Bertz CT molecular complexity index is 1330. The minimum Gasteiger partial charge on any atom is -0.478 e. The number of rotatable bonds is 7. The minimum absolute atomic E-state index is 0.0304. The monoisotopic (exact) mass is 512 g/mol. The Balaban J connectivity index is 1.22. The van der Waals surface area contributed by atoms with E-state index in [1.54, 1.807) is 6.07 Å². The van der Waals surface area contributed by atoms with Crippen LogP contribution in [0.5, 0.6) is 0 Å². The van der Waals surface area contributed by atoms with Crippen LogP contribution in [0.3, 0.4) is 0 Å². The zero-order chi connectivity index (χ0) is 25.8. The van der Waals surface area contributed by atoms with Gasteiger partial charge in [-0.3, -0.25) is 0 Å². The van der Waals surface area contributed by atoms with E-state index in [-0.39, 0.29) is 47.5 Å². The second kappa shape index (κ2) is 9.20. The van der Waals surface area contributed by atoms with Crippen LogP contribution in [0, 0.1) is 23.4 Å². The number of anilines is 1. The lowest BCUT2D eigenvalue weighted by Gasteiger charge is -2.41. The summed E-state index contributed by atoms with van der Waals surface area (Å²) < 4.78 is 55.9. The van der Waals surface area contributed by atoms with Gasteiger partial charge in [0.25, 0.3) is 0 Å². The molecule has 6 nitrogen and oxygen atoms in total. The third-order valence-corrected chi connectivity index (χ3v) is 7.99. The molecular weight excluding hydrogens is 485 g/mol. The molecular formula is C28H27F3N2O4. The number of hydrogen-bond acceptors (Lipinski definition) is 5. The summed E-state index contributed by atoms with van der Waals surface area (Å²) in [5.74, 6) is -1.99. The molecule has 1 N–H and O–H groups in total. The van der Waals surface area contributed by atoms with Crippen LogP contribution >= 0.6 is 0 Å². The number of carbonyl (C=O) groups is 1. The fourth-order valence-corrected chi connectivity index (χ4v) is 6.08. The predicted octanol–water partition coefficient (Wildman–Crippen LogP) is 6.30. The van der Waals surface area contributed by atoms with Crippen molar-refractivity contribution in [3.8, 4) is 11.3 Å². The number of aromatic carboxylic acids is 1. The van der Waals surface area contributed by atoms with E-state index in [0.29, 0.717) is 35.8 Å².